The average Bonchev–Trinajstić information content (AvgIpc) is 3.04. The molecule has 1 heterocycles. The Labute approximate surface area is 141 Å². The molecule has 0 aliphatic carbocycles. The minimum absolute atomic E-state index is 0.134. The van der Waals surface area contributed by atoms with Gasteiger partial charge in [0.05, 0.1) is 6.54 Å². The fourth-order valence-corrected chi connectivity index (χ4v) is 2.82. The van der Waals surface area contributed by atoms with Crippen molar-refractivity contribution < 1.29 is 9.32 Å². The minimum atomic E-state index is -0.134. The summed E-state index contributed by atoms with van der Waals surface area (Å²) < 4.78 is 5.27. The quantitative estimate of drug-likeness (QED) is 0.768. The van der Waals surface area contributed by atoms with Crippen LogP contribution in [0.5, 0.6) is 0 Å². The largest absolute Gasteiger partial charge is 0.356 e. The lowest BCUT2D eigenvalue weighted by molar-refractivity contribution is 0.246. The van der Waals surface area contributed by atoms with Crippen molar-refractivity contribution >= 4 is 22.7 Å². The zero-order chi connectivity index (χ0) is 16.9. The third-order valence-corrected chi connectivity index (χ3v) is 4.08. The van der Waals surface area contributed by atoms with Crippen LogP contribution in [0.4, 0.5) is 10.5 Å². The van der Waals surface area contributed by atoms with E-state index < -0.39 is 0 Å². The number of urea groups is 1. The topological polar surface area (TPSA) is 58.4 Å². The van der Waals surface area contributed by atoms with Crippen molar-refractivity contribution in [2.24, 2.45) is 0 Å². The molecule has 0 bridgehead atoms. The molecule has 0 aliphatic rings. The van der Waals surface area contributed by atoms with E-state index in [-0.39, 0.29) is 6.03 Å². The number of aryl methyl sites for hydroxylation is 1. The van der Waals surface area contributed by atoms with Crippen LogP contribution in [0.3, 0.4) is 0 Å². The molecule has 5 nitrogen and oxygen atoms in total. The number of aromatic nitrogens is 1. The van der Waals surface area contributed by atoms with Gasteiger partial charge in [-0.3, -0.25) is 4.90 Å². The Kier molecular flexibility index (Phi) is 4.79. The highest BCUT2D eigenvalue weighted by Gasteiger charge is 2.17. The maximum absolute atomic E-state index is 12.6. The Bertz CT molecular complexity index is 841. The molecule has 3 rings (SSSR count). The second-order valence-corrected chi connectivity index (χ2v) is 5.51. The van der Waals surface area contributed by atoms with Crippen molar-refractivity contribution in [2.45, 2.75) is 26.8 Å². The van der Waals surface area contributed by atoms with E-state index in [0.717, 1.165) is 34.3 Å². The molecule has 0 atom stereocenters. The molecule has 3 aromatic rings. The smallest absolute Gasteiger partial charge is 0.322 e. The Morgan fingerprint density at radius 1 is 1.12 bits per heavy atom. The molecule has 124 valence electrons. The van der Waals surface area contributed by atoms with Crippen LogP contribution < -0.4 is 10.2 Å². The summed E-state index contributed by atoms with van der Waals surface area (Å²) in [6, 6.07) is 15.5. The van der Waals surface area contributed by atoms with Gasteiger partial charge in [-0.15, -0.1) is 0 Å². The van der Waals surface area contributed by atoms with E-state index in [2.05, 4.69) is 23.5 Å². The maximum atomic E-state index is 12.6. The fourth-order valence-electron chi connectivity index (χ4n) is 2.82. The van der Waals surface area contributed by atoms with Gasteiger partial charge in [0.25, 0.3) is 0 Å². The Morgan fingerprint density at radius 2 is 1.88 bits per heavy atom. The summed E-state index contributed by atoms with van der Waals surface area (Å²) in [5.41, 5.74) is 3.57. The van der Waals surface area contributed by atoms with Crippen molar-refractivity contribution in [1.29, 1.82) is 0 Å². The third kappa shape index (κ3) is 3.11. The number of fused-ring (bicyclic) bond motifs is 1. The van der Waals surface area contributed by atoms with E-state index in [1.807, 2.05) is 49.4 Å². The normalized spacial score (nSPS) is 10.8. The van der Waals surface area contributed by atoms with Crippen molar-refractivity contribution in [3.05, 3.63) is 59.8 Å². The monoisotopic (exact) mass is 323 g/mol. The van der Waals surface area contributed by atoms with E-state index in [1.54, 1.807) is 4.90 Å². The van der Waals surface area contributed by atoms with Crippen LogP contribution in [0.1, 0.15) is 25.1 Å². The van der Waals surface area contributed by atoms with E-state index in [0.29, 0.717) is 13.1 Å². The Balaban J connectivity index is 1.75. The first-order valence-corrected chi connectivity index (χ1v) is 8.21. The summed E-state index contributed by atoms with van der Waals surface area (Å²) in [5.74, 6) is 0. The molecule has 0 saturated carbocycles. The van der Waals surface area contributed by atoms with Gasteiger partial charge in [-0.2, -0.15) is 0 Å². The van der Waals surface area contributed by atoms with Gasteiger partial charge in [-0.05, 0) is 37.1 Å². The van der Waals surface area contributed by atoms with Crippen LogP contribution in [-0.2, 0) is 13.0 Å². The van der Waals surface area contributed by atoms with Gasteiger partial charge in [0.15, 0.2) is 5.58 Å². The first-order chi connectivity index (χ1) is 11.7. The molecule has 24 heavy (non-hydrogen) atoms. The molecule has 0 unspecified atom stereocenters. The number of amides is 2. The molecule has 1 aromatic heterocycles. The van der Waals surface area contributed by atoms with Gasteiger partial charge in [0.2, 0.25) is 0 Å². The van der Waals surface area contributed by atoms with Gasteiger partial charge in [-0.1, -0.05) is 42.4 Å². The summed E-state index contributed by atoms with van der Waals surface area (Å²) in [4.78, 5) is 14.4. The van der Waals surface area contributed by atoms with E-state index >= 15 is 0 Å². The van der Waals surface area contributed by atoms with Crippen LogP contribution in [0, 0.1) is 0 Å². The highest BCUT2D eigenvalue weighted by atomic mass is 16.5. The molecular weight excluding hydrogens is 302 g/mol. The summed E-state index contributed by atoms with van der Waals surface area (Å²) >= 11 is 0. The first-order valence-electron chi connectivity index (χ1n) is 8.21. The van der Waals surface area contributed by atoms with Crippen molar-refractivity contribution in [3.63, 3.8) is 0 Å². The van der Waals surface area contributed by atoms with Crippen LogP contribution in [-0.4, -0.2) is 17.7 Å². The fraction of sp³-hybridized carbons (Fsp3) is 0.263. The molecule has 5 heteroatoms. The van der Waals surface area contributed by atoms with Gasteiger partial charge in [-0.25, -0.2) is 4.79 Å². The van der Waals surface area contributed by atoms with Gasteiger partial charge in [0, 0.05) is 17.6 Å². The number of rotatable bonds is 5. The van der Waals surface area contributed by atoms with Crippen LogP contribution in [0.15, 0.2) is 53.1 Å². The Morgan fingerprint density at radius 3 is 2.67 bits per heavy atom. The first kappa shape index (κ1) is 16.1. The Hall–Kier alpha value is -2.82. The summed E-state index contributed by atoms with van der Waals surface area (Å²) in [5, 5.41) is 7.92. The highest BCUT2D eigenvalue weighted by Crippen LogP contribution is 2.21. The lowest BCUT2D eigenvalue weighted by Crippen LogP contribution is -2.40. The van der Waals surface area contributed by atoms with E-state index in [9.17, 15) is 4.79 Å². The standard InChI is InChI=1S/C19H21N3O2/c1-3-14-9-5-7-11-17(14)22(4-2)19(23)20-13-16-15-10-6-8-12-18(15)24-21-16/h5-12H,3-4,13H2,1-2H3,(H,20,23). The SMILES string of the molecule is CCc1ccccc1N(CC)C(=O)NCc1noc2ccccc12. The average molecular weight is 323 g/mol. The number of anilines is 1. The van der Waals surface area contributed by atoms with Gasteiger partial charge < -0.3 is 9.84 Å². The molecule has 0 saturated heterocycles. The zero-order valence-corrected chi connectivity index (χ0v) is 14.0. The molecule has 0 radical (unpaired) electrons. The molecule has 2 amide bonds. The minimum Gasteiger partial charge on any atom is -0.356 e. The number of benzene rings is 2. The number of hydrogen-bond acceptors (Lipinski definition) is 3. The molecule has 0 fully saturated rings. The predicted octanol–water partition coefficient (Wildman–Crippen LogP) is 4.13. The summed E-state index contributed by atoms with van der Waals surface area (Å²) in [7, 11) is 0. The van der Waals surface area contributed by atoms with Crippen LogP contribution in [0.25, 0.3) is 11.0 Å². The van der Waals surface area contributed by atoms with Gasteiger partial charge >= 0.3 is 6.03 Å². The van der Waals surface area contributed by atoms with Crippen molar-refractivity contribution in [1.82, 2.24) is 10.5 Å². The summed E-state index contributed by atoms with van der Waals surface area (Å²) in [6.45, 7) is 4.99. The number of carbonyl (C=O) groups is 1. The maximum Gasteiger partial charge on any atom is 0.322 e. The van der Waals surface area contributed by atoms with Crippen molar-refractivity contribution in [3.8, 4) is 0 Å². The van der Waals surface area contributed by atoms with Gasteiger partial charge in [0.1, 0.15) is 5.69 Å². The molecular formula is C19H21N3O2. The molecule has 0 aliphatic heterocycles. The van der Waals surface area contributed by atoms with E-state index in [1.165, 1.54) is 0 Å². The third-order valence-electron chi connectivity index (χ3n) is 4.08. The highest BCUT2D eigenvalue weighted by molar-refractivity contribution is 5.93. The van der Waals surface area contributed by atoms with E-state index in [4.69, 9.17) is 4.52 Å². The number of carbonyl (C=O) groups excluding carboxylic acids is 1. The second kappa shape index (κ2) is 7.17. The molecule has 2 aromatic carbocycles. The molecule has 1 N–H and O–H groups in total. The lowest BCUT2D eigenvalue weighted by atomic mass is 10.1. The number of nitrogens with one attached hydrogen (secondary N) is 1. The number of hydrogen-bond donors (Lipinski definition) is 1. The van der Waals surface area contributed by atoms with Crippen LogP contribution in [0.2, 0.25) is 0 Å². The lowest BCUT2D eigenvalue weighted by Gasteiger charge is -2.23. The second-order valence-electron chi connectivity index (χ2n) is 5.51. The number of nitrogens with zero attached hydrogens (tertiary/aromatic N) is 2. The predicted molar refractivity (Wildman–Crippen MR) is 95.1 cm³/mol. The molecule has 0 spiro atoms. The summed E-state index contributed by atoms with van der Waals surface area (Å²) in [6.07, 6.45) is 0.883. The zero-order valence-electron chi connectivity index (χ0n) is 14.0. The van der Waals surface area contributed by atoms with Crippen LogP contribution >= 0.6 is 0 Å². The number of para-hydroxylation sites is 2. The van der Waals surface area contributed by atoms with Crippen molar-refractivity contribution in [2.75, 3.05) is 11.4 Å².